The molecule has 0 unspecified atom stereocenters. The second-order valence-corrected chi connectivity index (χ2v) is 4.92. The Balaban J connectivity index is 2.24. The molecule has 0 bridgehead atoms. The topological polar surface area (TPSA) is 51.0 Å². The second kappa shape index (κ2) is 6.17. The average molecular weight is 312 g/mol. The number of benzene rings is 1. The van der Waals surface area contributed by atoms with Crippen LogP contribution in [-0.4, -0.2) is 39.7 Å². The molecule has 0 N–H and O–H groups in total. The molecule has 0 aliphatic rings. The van der Waals surface area contributed by atoms with Gasteiger partial charge in [-0.25, -0.2) is 9.67 Å². The summed E-state index contributed by atoms with van der Waals surface area (Å²) in [6.45, 7) is 0. The summed E-state index contributed by atoms with van der Waals surface area (Å²) in [5, 5.41) is 3.95. The van der Waals surface area contributed by atoms with Crippen LogP contribution in [0.1, 0.15) is 17.8 Å². The van der Waals surface area contributed by atoms with Crippen LogP contribution in [0.3, 0.4) is 0 Å². The summed E-state index contributed by atoms with van der Waals surface area (Å²) in [5.74, 6) is 0.355. The van der Waals surface area contributed by atoms with E-state index in [1.165, 1.54) is 28.0 Å². The molecular formula is C14H15F3N4O. The van der Waals surface area contributed by atoms with E-state index in [9.17, 15) is 18.0 Å². The summed E-state index contributed by atoms with van der Waals surface area (Å²) >= 11 is 0. The smallest absolute Gasteiger partial charge is 0.349 e. The van der Waals surface area contributed by atoms with Gasteiger partial charge < -0.3 is 4.90 Å². The molecule has 2 aromatic rings. The molecule has 2 rings (SSSR count). The summed E-state index contributed by atoms with van der Waals surface area (Å²) in [7, 11) is 3.28. The van der Waals surface area contributed by atoms with Gasteiger partial charge in [0.25, 0.3) is 0 Å². The lowest BCUT2D eigenvalue weighted by molar-refractivity contribution is -0.137. The Morgan fingerprint density at radius 1 is 1.32 bits per heavy atom. The molecule has 0 saturated heterocycles. The van der Waals surface area contributed by atoms with Crippen LogP contribution in [0.5, 0.6) is 0 Å². The minimum absolute atomic E-state index is 0.0846. The Bertz CT molecular complexity index is 664. The predicted molar refractivity (Wildman–Crippen MR) is 73.4 cm³/mol. The third-order valence-corrected chi connectivity index (χ3v) is 3.10. The number of amides is 1. The van der Waals surface area contributed by atoms with Gasteiger partial charge >= 0.3 is 6.18 Å². The van der Waals surface area contributed by atoms with E-state index in [0.29, 0.717) is 12.2 Å². The molecule has 0 radical (unpaired) electrons. The first-order chi connectivity index (χ1) is 10.3. The monoisotopic (exact) mass is 312 g/mol. The maximum absolute atomic E-state index is 12.8. The van der Waals surface area contributed by atoms with Gasteiger partial charge in [-0.1, -0.05) is 6.07 Å². The number of aromatic nitrogens is 3. The van der Waals surface area contributed by atoms with Crippen LogP contribution >= 0.6 is 0 Å². The van der Waals surface area contributed by atoms with Crippen LogP contribution in [0.25, 0.3) is 5.69 Å². The summed E-state index contributed by atoms with van der Waals surface area (Å²) in [6, 6.07) is 4.83. The minimum atomic E-state index is -4.42. The fraction of sp³-hybridized carbons (Fsp3) is 0.357. The number of carbonyl (C=O) groups excluding carboxylic acids is 1. The Kier molecular flexibility index (Phi) is 4.48. The van der Waals surface area contributed by atoms with Crippen LogP contribution in [0.4, 0.5) is 13.2 Å². The Labute approximate surface area is 125 Å². The third kappa shape index (κ3) is 3.63. The van der Waals surface area contributed by atoms with E-state index in [2.05, 4.69) is 10.1 Å². The fourth-order valence-corrected chi connectivity index (χ4v) is 1.91. The maximum atomic E-state index is 12.8. The van der Waals surface area contributed by atoms with Gasteiger partial charge in [0.15, 0.2) is 0 Å². The first-order valence-corrected chi connectivity index (χ1v) is 6.55. The minimum Gasteiger partial charge on any atom is -0.349 e. The van der Waals surface area contributed by atoms with Crippen LogP contribution in [0.2, 0.25) is 0 Å². The van der Waals surface area contributed by atoms with Crippen molar-refractivity contribution in [2.75, 3.05) is 14.1 Å². The second-order valence-electron chi connectivity index (χ2n) is 4.92. The van der Waals surface area contributed by atoms with Crippen molar-refractivity contribution >= 4 is 5.91 Å². The van der Waals surface area contributed by atoms with Crippen molar-refractivity contribution in [2.45, 2.75) is 19.0 Å². The highest BCUT2D eigenvalue weighted by Gasteiger charge is 2.30. The summed E-state index contributed by atoms with van der Waals surface area (Å²) < 4.78 is 39.6. The van der Waals surface area contributed by atoms with Gasteiger partial charge in [0.1, 0.15) is 12.2 Å². The Morgan fingerprint density at radius 3 is 2.68 bits per heavy atom. The van der Waals surface area contributed by atoms with Gasteiger partial charge in [-0.3, -0.25) is 4.79 Å². The number of rotatable bonds is 4. The molecule has 1 aromatic carbocycles. The van der Waals surface area contributed by atoms with E-state index in [4.69, 9.17) is 0 Å². The molecule has 8 heteroatoms. The number of aryl methyl sites for hydroxylation is 1. The molecule has 0 fully saturated rings. The molecule has 118 valence electrons. The number of halogens is 3. The van der Waals surface area contributed by atoms with Crippen LogP contribution in [-0.2, 0) is 17.4 Å². The van der Waals surface area contributed by atoms with Crippen molar-refractivity contribution in [3.8, 4) is 5.69 Å². The first kappa shape index (κ1) is 16.0. The molecule has 1 aromatic heterocycles. The van der Waals surface area contributed by atoms with E-state index in [1.807, 2.05) is 0 Å². The van der Waals surface area contributed by atoms with Gasteiger partial charge in [-0.15, -0.1) is 0 Å². The fourth-order valence-electron chi connectivity index (χ4n) is 1.91. The predicted octanol–water partition coefficient (Wildman–Crippen LogP) is 2.31. The summed E-state index contributed by atoms with van der Waals surface area (Å²) in [6.07, 6.45) is -2.65. The highest BCUT2D eigenvalue weighted by molar-refractivity contribution is 5.75. The molecule has 1 amide bonds. The molecule has 1 heterocycles. The maximum Gasteiger partial charge on any atom is 0.416 e. The SMILES string of the molecule is CN(C)C(=O)CCc1ncnn1-c1cccc(C(F)(F)F)c1. The molecule has 22 heavy (non-hydrogen) atoms. The van der Waals surface area contributed by atoms with Gasteiger partial charge in [0, 0.05) is 26.9 Å². The summed E-state index contributed by atoms with van der Waals surface area (Å²) in [4.78, 5) is 17.1. The number of hydrogen-bond donors (Lipinski definition) is 0. The molecular weight excluding hydrogens is 297 g/mol. The Hall–Kier alpha value is -2.38. The van der Waals surface area contributed by atoms with Crippen molar-refractivity contribution in [1.29, 1.82) is 0 Å². The van der Waals surface area contributed by atoms with Crippen molar-refractivity contribution in [2.24, 2.45) is 0 Å². The highest BCUT2D eigenvalue weighted by Crippen LogP contribution is 2.30. The molecule has 0 aliphatic heterocycles. The quantitative estimate of drug-likeness (QED) is 0.870. The van der Waals surface area contributed by atoms with Crippen molar-refractivity contribution in [3.63, 3.8) is 0 Å². The summed E-state index contributed by atoms with van der Waals surface area (Å²) in [5.41, 5.74) is -0.490. The van der Waals surface area contributed by atoms with Crippen LogP contribution in [0.15, 0.2) is 30.6 Å². The zero-order valence-corrected chi connectivity index (χ0v) is 12.1. The standard InChI is InChI=1S/C14H15F3N4O/c1-20(2)13(22)7-6-12-18-9-19-21(12)11-5-3-4-10(8-11)14(15,16)17/h3-5,8-9H,6-7H2,1-2H3. The largest absolute Gasteiger partial charge is 0.416 e. The first-order valence-electron chi connectivity index (χ1n) is 6.55. The number of nitrogens with zero attached hydrogens (tertiary/aromatic N) is 4. The lowest BCUT2D eigenvalue weighted by Crippen LogP contribution is -2.22. The van der Waals surface area contributed by atoms with Crippen molar-refractivity contribution in [1.82, 2.24) is 19.7 Å². The van der Waals surface area contributed by atoms with Gasteiger partial charge in [-0.2, -0.15) is 18.3 Å². The van der Waals surface area contributed by atoms with Crippen molar-refractivity contribution < 1.29 is 18.0 Å². The van der Waals surface area contributed by atoms with Gasteiger partial charge in [-0.05, 0) is 18.2 Å². The van der Waals surface area contributed by atoms with Gasteiger partial charge in [0.2, 0.25) is 5.91 Å². The molecule has 0 saturated carbocycles. The molecule has 0 aliphatic carbocycles. The molecule has 0 atom stereocenters. The van der Waals surface area contributed by atoms with Crippen LogP contribution in [0, 0.1) is 0 Å². The average Bonchev–Trinajstić information content (AvgIpc) is 2.92. The normalized spacial score (nSPS) is 11.5. The van der Waals surface area contributed by atoms with E-state index in [1.54, 1.807) is 14.1 Å². The van der Waals surface area contributed by atoms with E-state index < -0.39 is 11.7 Å². The van der Waals surface area contributed by atoms with Crippen LogP contribution < -0.4 is 0 Å². The van der Waals surface area contributed by atoms with Crippen molar-refractivity contribution in [3.05, 3.63) is 42.0 Å². The number of alkyl halides is 3. The van der Waals surface area contributed by atoms with E-state index in [0.717, 1.165) is 12.1 Å². The number of carbonyl (C=O) groups is 1. The third-order valence-electron chi connectivity index (χ3n) is 3.10. The lowest BCUT2D eigenvalue weighted by atomic mass is 10.2. The van der Waals surface area contributed by atoms with E-state index in [-0.39, 0.29) is 18.0 Å². The molecule has 0 spiro atoms. The molecule has 5 nitrogen and oxygen atoms in total. The zero-order chi connectivity index (χ0) is 16.3. The van der Waals surface area contributed by atoms with Gasteiger partial charge in [0.05, 0.1) is 11.3 Å². The highest BCUT2D eigenvalue weighted by atomic mass is 19.4. The van der Waals surface area contributed by atoms with E-state index >= 15 is 0 Å². The lowest BCUT2D eigenvalue weighted by Gasteiger charge is -2.11. The zero-order valence-electron chi connectivity index (χ0n) is 12.1. The Morgan fingerprint density at radius 2 is 2.05 bits per heavy atom. The number of hydrogen-bond acceptors (Lipinski definition) is 3.